The van der Waals surface area contributed by atoms with Crippen molar-refractivity contribution in [2.45, 2.75) is 89.6 Å². The van der Waals surface area contributed by atoms with Gasteiger partial charge in [0.15, 0.2) is 24.8 Å². The van der Waals surface area contributed by atoms with E-state index in [0.29, 0.717) is 24.0 Å². The smallest absolute Gasteiger partial charge is 0.305 e. The highest BCUT2D eigenvalue weighted by Crippen LogP contribution is 2.37. The number of carboxylic acid groups (broad SMARTS) is 2. The number of benzene rings is 5. The zero-order valence-electron chi connectivity index (χ0n) is 46.9. The average Bonchev–Trinajstić information content (AvgIpc) is 3.69. The second-order valence-electron chi connectivity index (χ2n) is 19.4. The first kappa shape index (κ1) is 68.7. The topological polar surface area (TPSA) is 345 Å². The third-order valence-electron chi connectivity index (χ3n) is 13.0. The van der Waals surface area contributed by atoms with Crippen LogP contribution < -0.4 is 47.1 Å². The summed E-state index contributed by atoms with van der Waals surface area (Å²) in [7, 11) is 0. The Morgan fingerprint density at radius 2 is 0.851 bits per heavy atom. The molecule has 0 aliphatic carbocycles. The van der Waals surface area contributed by atoms with Crippen LogP contribution in [0.1, 0.15) is 92.9 Å². The molecule has 0 saturated carbocycles. The number of hydrogen-bond donors (Lipinski definition) is 9. The molecule has 26 heteroatoms. The number of aliphatic carboxylic acids is 2. The fourth-order valence-electron chi connectivity index (χ4n) is 8.26. The third-order valence-corrected chi connectivity index (χ3v) is 14.7. The molecule has 87 heavy (non-hydrogen) atoms. The molecule has 22 nitrogen and oxygen atoms in total. The number of carboxylic acids is 2. The van der Waals surface area contributed by atoms with Crippen LogP contribution in [0.5, 0.6) is 11.5 Å². The van der Waals surface area contributed by atoms with E-state index in [9.17, 15) is 63.0 Å². The Hall–Kier alpha value is -9.09. The summed E-state index contributed by atoms with van der Waals surface area (Å²) in [5.74, 6) is -10.6. The van der Waals surface area contributed by atoms with Crippen molar-refractivity contribution in [3.8, 4) is 11.5 Å². The Labute approximate surface area is 519 Å². The third kappa shape index (κ3) is 20.6. The SMILES string of the molecule is C=C(CC)C(=O)c1ccc(OCC(=O)N[C@@H](CC(=O)O)C(=O)N[C@@H](Cc2ccccc2)C(=O)NCc2cc(CNC(=O)[C@H](Cc3ccccc3)NC(=O)[C@H](CC(=O)O)NC(=O)COc3ccc(C(=O)C(=C)CC)c(Cl)c3Cl)cc(C(N)=O)c2)c(Cl)c1Cl. The van der Waals surface area contributed by atoms with E-state index < -0.39 is 115 Å². The first-order chi connectivity index (χ1) is 41.3. The molecule has 0 aliphatic heterocycles. The van der Waals surface area contributed by atoms with Crippen LogP contribution in [-0.4, -0.2) is 112 Å². The van der Waals surface area contributed by atoms with Crippen molar-refractivity contribution in [3.63, 3.8) is 0 Å². The molecule has 0 spiro atoms. The lowest BCUT2D eigenvalue weighted by Gasteiger charge is -2.23. The number of rotatable bonds is 33. The van der Waals surface area contributed by atoms with E-state index in [1.54, 1.807) is 74.5 Å². The first-order valence-corrected chi connectivity index (χ1v) is 28.2. The number of Topliss-reactive ketones (excluding diaryl/α,β-unsaturated/α-hetero) is 2. The van der Waals surface area contributed by atoms with Gasteiger partial charge >= 0.3 is 11.9 Å². The second-order valence-corrected chi connectivity index (χ2v) is 20.9. The van der Waals surface area contributed by atoms with Crippen molar-refractivity contribution < 1.29 is 72.4 Å². The average molecular weight is 1270 g/mol. The molecule has 5 aromatic carbocycles. The van der Waals surface area contributed by atoms with Crippen LogP contribution in [0.2, 0.25) is 20.1 Å². The standard InChI is InChI=1S/C61H61Cl4N7O15/c1-5-32(3)55(79)39-17-19-45(53(64)51(39)62)86-30-47(73)69-43(26-49(75)76)60(84)71-41(24-34-13-9-7-10-14-34)58(82)67-28-36-21-37(23-38(22-36)57(66)81)29-68-59(83)42(25-35-15-11-8-12-16-35)72-61(85)44(27-50(77)78)70-48(74)31-87-46-20-18-40(52(63)54(46)65)56(80)33(4)6-2/h7-23,41-44H,3-6,24-31H2,1-2H3,(H2,66,81)(H,67,82)(H,68,83)(H,69,73)(H,70,74)(H,71,84)(H,72,85)(H,75,76)(H,77,78)/t41-,42-,43-,44-/m0/s1. The van der Waals surface area contributed by atoms with Crippen LogP contribution in [0.15, 0.2) is 127 Å². The predicted octanol–water partition coefficient (Wildman–Crippen LogP) is 6.46. The van der Waals surface area contributed by atoms with Crippen LogP contribution in [0.4, 0.5) is 0 Å². The molecular formula is C61H61Cl4N7O15. The molecule has 10 N–H and O–H groups in total. The minimum Gasteiger partial charge on any atom is -0.482 e. The van der Waals surface area contributed by atoms with Gasteiger partial charge in [-0.2, -0.15) is 0 Å². The number of halogens is 4. The molecule has 4 atom stereocenters. The van der Waals surface area contributed by atoms with Crippen LogP contribution in [-0.2, 0) is 64.3 Å². The van der Waals surface area contributed by atoms with Crippen molar-refractivity contribution in [3.05, 3.63) is 186 Å². The largest absolute Gasteiger partial charge is 0.482 e. The quantitative estimate of drug-likeness (QED) is 0.0161. The van der Waals surface area contributed by atoms with Crippen LogP contribution in [0.3, 0.4) is 0 Å². The molecule has 5 rings (SSSR count). The van der Waals surface area contributed by atoms with Gasteiger partial charge in [-0.25, -0.2) is 0 Å². The zero-order valence-corrected chi connectivity index (χ0v) is 49.9. The zero-order chi connectivity index (χ0) is 64.1. The van der Waals surface area contributed by atoms with Gasteiger partial charge in [0.1, 0.15) is 45.7 Å². The summed E-state index contributed by atoms with van der Waals surface area (Å²) in [6, 6.07) is 20.1. The molecule has 0 unspecified atom stereocenters. The molecular weight excluding hydrogens is 1210 g/mol. The van der Waals surface area contributed by atoms with E-state index in [1.165, 1.54) is 42.5 Å². The summed E-state index contributed by atoms with van der Waals surface area (Å²) in [5.41, 5.74) is 8.00. The van der Waals surface area contributed by atoms with E-state index in [-0.39, 0.29) is 96.5 Å². The van der Waals surface area contributed by atoms with Gasteiger partial charge < -0.3 is 57.3 Å². The van der Waals surface area contributed by atoms with E-state index in [0.717, 1.165) is 0 Å². The van der Waals surface area contributed by atoms with Gasteiger partial charge in [-0.05, 0) is 82.6 Å². The van der Waals surface area contributed by atoms with Gasteiger partial charge in [0, 0.05) is 42.6 Å². The lowest BCUT2D eigenvalue weighted by Crippen LogP contribution is -2.55. The number of carbonyl (C=O) groups is 11. The van der Waals surface area contributed by atoms with Gasteiger partial charge in [0.2, 0.25) is 29.5 Å². The van der Waals surface area contributed by atoms with E-state index in [2.05, 4.69) is 45.1 Å². The second kappa shape index (κ2) is 33.0. The number of primary amides is 1. The van der Waals surface area contributed by atoms with E-state index in [1.807, 2.05) is 0 Å². The Morgan fingerprint density at radius 3 is 1.18 bits per heavy atom. The van der Waals surface area contributed by atoms with E-state index >= 15 is 0 Å². The van der Waals surface area contributed by atoms with Crippen LogP contribution in [0.25, 0.3) is 0 Å². The lowest BCUT2D eigenvalue weighted by atomic mass is 10.0. The number of amides is 7. The summed E-state index contributed by atoms with van der Waals surface area (Å²) >= 11 is 25.4. The number of ketones is 2. The van der Waals surface area contributed by atoms with Gasteiger partial charge in [0.05, 0.1) is 22.9 Å². The molecule has 0 fully saturated rings. The Morgan fingerprint density at radius 1 is 0.483 bits per heavy atom. The monoisotopic (exact) mass is 1270 g/mol. The van der Waals surface area contributed by atoms with Crippen molar-refractivity contribution >= 4 is 111 Å². The summed E-state index contributed by atoms with van der Waals surface area (Å²) < 4.78 is 11.0. The highest BCUT2D eigenvalue weighted by Gasteiger charge is 2.32. The molecule has 0 radical (unpaired) electrons. The molecule has 5 aromatic rings. The summed E-state index contributed by atoms with van der Waals surface area (Å²) in [4.78, 5) is 144. The molecule has 0 aliphatic rings. The fourth-order valence-corrected chi connectivity index (χ4v) is 9.18. The molecule has 0 saturated heterocycles. The predicted molar refractivity (Wildman–Crippen MR) is 323 cm³/mol. The number of hydrogen-bond acceptors (Lipinski definition) is 13. The van der Waals surface area contributed by atoms with Crippen LogP contribution >= 0.6 is 46.4 Å². The number of ether oxygens (including phenoxy) is 2. The molecule has 0 aromatic heterocycles. The maximum Gasteiger partial charge on any atom is 0.305 e. The number of allylic oxidation sites excluding steroid dienone is 2. The number of nitrogens with one attached hydrogen (secondary N) is 6. The molecule has 0 bridgehead atoms. The van der Waals surface area contributed by atoms with Gasteiger partial charge in [-0.15, -0.1) is 0 Å². The first-order valence-electron chi connectivity index (χ1n) is 26.7. The van der Waals surface area contributed by atoms with Gasteiger partial charge in [-0.3, -0.25) is 52.7 Å². The maximum absolute atomic E-state index is 14.1. The molecule has 458 valence electrons. The number of carbonyl (C=O) groups excluding carboxylic acids is 9. The van der Waals surface area contributed by atoms with Crippen molar-refractivity contribution in [1.82, 2.24) is 31.9 Å². The minimum atomic E-state index is -1.74. The Bertz CT molecular complexity index is 3260. The summed E-state index contributed by atoms with van der Waals surface area (Å²) in [5, 5.41) is 33.8. The molecule has 7 amide bonds. The Kier molecular flexibility index (Phi) is 26.0. The maximum atomic E-state index is 14.1. The van der Waals surface area contributed by atoms with Crippen molar-refractivity contribution in [2.24, 2.45) is 5.73 Å². The van der Waals surface area contributed by atoms with Gasteiger partial charge in [0.25, 0.3) is 11.8 Å². The summed E-state index contributed by atoms with van der Waals surface area (Å²) in [6.45, 7) is 8.70. The van der Waals surface area contributed by atoms with Crippen molar-refractivity contribution in [1.29, 1.82) is 0 Å². The van der Waals surface area contributed by atoms with E-state index in [4.69, 9.17) is 61.6 Å². The normalized spacial score (nSPS) is 12.1. The summed E-state index contributed by atoms with van der Waals surface area (Å²) in [6.07, 6.45) is -1.40. The Balaban J connectivity index is 1.28. The lowest BCUT2D eigenvalue weighted by molar-refractivity contribution is -0.141. The van der Waals surface area contributed by atoms with Gasteiger partial charge in [-0.1, -0.05) is 140 Å². The molecule has 0 heterocycles. The fraction of sp³-hybridized carbons (Fsp3) is 0.262. The number of nitrogens with two attached hydrogens (primary N) is 1. The highest BCUT2D eigenvalue weighted by atomic mass is 35.5. The van der Waals surface area contributed by atoms with Crippen molar-refractivity contribution in [2.75, 3.05) is 13.2 Å². The minimum absolute atomic E-state index is 0.0479. The van der Waals surface area contributed by atoms with Crippen LogP contribution in [0, 0.1) is 0 Å². The highest BCUT2D eigenvalue weighted by molar-refractivity contribution is 6.46.